The highest BCUT2D eigenvalue weighted by Crippen LogP contribution is 2.60. The van der Waals surface area contributed by atoms with E-state index < -0.39 is 40.4 Å². The number of nitrogens with two attached hydrogens (primary N) is 2. The molecule has 1 fully saturated rings. The second-order valence-electron chi connectivity index (χ2n) is 6.25. The second-order valence-corrected chi connectivity index (χ2v) is 15.1. The first-order chi connectivity index (χ1) is 12.0. The number of rotatable bonds is 4. The zero-order valence-electron chi connectivity index (χ0n) is 18.2. The highest BCUT2D eigenvalue weighted by molar-refractivity contribution is 7.70. The average Bonchev–Trinajstić information content (AvgIpc) is 2.45. The van der Waals surface area contributed by atoms with Crippen LogP contribution in [0.15, 0.2) is 0 Å². The summed E-state index contributed by atoms with van der Waals surface area (Å²) < 4.78 is 41.2. The summed E-state index contributed by atoms with van der Waals surface area (Å²) in [6.45, 7) is 6.46. The predicted molar refractivity (Wildman–Crippen MR) is 107 cm³/mol. The van der Waals surface area contributed by atoms with Gasteiger partial charge in [-0.05, 0) is 0 Å². The van der Waals surface area contributed by atoms with E-state index in [1.165, 1.54) is 26.2 Å². The molecule has 0 radical (unpaired) electrons. The molecule has 22 nitrogen and oxygen atoms in total. The van der Waals surface area contributed by atoms with Gasteiger partial charge in [0.25, 0.3) is 0 Å². The summed E-state index contributed by atoms with van der Waals surface area (Å²) in [6, 6.07) is 0. The van der Waals surface area contributed by atoms with Gasteiger partial charge in [0.1, 0.15) is 26.2 Å². The van der Waals surface area contributed by atoms with Gasteiger partial charge in [0.2, 0.25) is 40.4 Å². The highest BCUT2D eigenvalue weighted by Gasteiger charge is 2.45. The maximum Gasteiger partial charge on any atom is 0.216 e. The fourth-order valence-corrected chi connectivity index (χ4v) is 3.63. The van der Waals surface area contributed by atoms with E-state index in [-0.39, 0.29) is 32.9 Å². The predicted octanol–water partition coefficient (Wildman–Crippen LogP) is -13.8. The molecule has 0 aromatic heterocycles. The first kappa shape index (κ1) is 54.9. The Morgan fingerprint density at radius 3 is 0.706 bits per heavy atom. The molecule has 4 atom stereocenters. The van der Waals surface area contributed by atoms with Crippen molar-refractivity contribution in [1.82, 2.24) is 0 Å². The lowest BCUT2D eigenvalue weighted by Gasteiger charge is -2.36. The lowest BCUT2D eigenvalue weighted by molar-refractivity contribution is -0.787. The molecule has 4 unspecified atom stereocenters. The van der Waals surface area contributed by atoms with E-state index in [4.69, 9.17) is 19.6 Å². The van der Waals surface area contributed by atoms with Crippen molar-refractivity contribution in [2.75, 3.05) is 26.2 Å². The normalized spacial score (nSPS) is 22.5. The van der Waals surface area contributed by atoms with Crippen LogP contribution < -0.4 is 41.7 Å². The van der Waals surface area contributed by atoms with Crippen LogP contribution in [-0.4, -0.2) is 88.7 Å². The quantitative estimate of drug-likeness (QED) is 0.139. The molecule has 26 heteroatoms. The largest absolute Gasteiger partial charge is 0.774 e. The zero-order valence-corrected chi connectivity index (χ0v) is 21.8. The van der Waals surface area contributed by atoms with Crippen molar-refractivity contribution >= 4 is 30.4 Å². The molecule has 0 saturated carbocycles. The summed E-state index contributed by atoms with van der Waals surface area (Å²) >= 11 is 0. The Labute approximate surface area is 193 Å². The number of hydrogen-bond donors (Lipinski definition) is 8. The van der Waals surface area contributed by atoms with Crippen LogP contribution in [0.1, 0.15) is 13.8 Å². The van der Waals surface area contributed by atoms with Crippen LogP contribution in [0.4, 0.5) is 0 Å². The molecule has 1 rings (SSSR count). The van der Waals surface area contributed by atoms with E-state index in [0.717, 1.165) is 0 Å². The van der Waals surface area contributed by atoms with Crippen LogP contribution in [0.3, 0.4) is 0 Å². The van der Waals surface area contributed by atoms with Crippen molar-refractivity contribution in [3.63, 3.8) is 0 Å². The minimum atomic E-state index is -5.18. The third kappa shape index (κ3) is 17.6. The topological polar surface area (TPSA) is 519 Å². The van der Waals surface area contributed by atoms with Gasteiger partial charge in [-0.1, -0.05) is 0 Å². The van der Waals surface area contributed by atoms with E-state index >= 15 is 0 Å². The molecule has 1 aliphatic heterocycles. The minimum absolute atomic E-state index is 0. The molecule has 1 heterocycles. The third-order valence-corrected chi connectivity index (χ3v) is 11.5. The first-order valence-corrected chi connectivity index (χ1v) is 13.8. The van der Waals surface area contributed by atoms with Crippen molar-refractivity contribution in [1.29, 1.82) is 0 Å². The summed E-state index contributed by atoms with van der Waals surface area (Å²) in [5.41, 5.74) is 5.32. The molecule has 220 valence electrons. The fourth-order valence-electron chi connectivity index (χ4n) is 1.08. The van der Waals surface area contributed by atoms with E-state index in [1.54, 1.807) is 0 Å². The summed E-state index contributed by atoms with van der Waals surface area (Å²) in [5.74, 6) is 0. The molecule has 0 amide bonds. The Balaban J connectivity index is -0.0000000470. The van der Waals surface area contributed by atoms with Crippen molar-refractivity contribution in [2.45, 2.75) is 23.9 Å². The van der Waals surface area contributed by atoms with Crippen molar-refractivity contribution in [3.05, 3.63) is 0 Å². The van der Waals surface area contributed by atoms with Gasteiger partial charge in [-0.25, -0.2) is 0 Å². The molecular weight excluding hydrogens is 564 g/mol. The first-order valence-electron chi connectivity index (χ1n) is 7.50. The lowest BCUT2D eigenvalue weighted by Crippen LogP contribution is -3.04. The van der Waals surface area contributed by atoms with Gasteiger partial charge < -0.3 is 112 Å². The fraction of sp³-hybridized carbons (Fsp3) is 1.00. The molecule has 26 N–H and O–H groups in total. The summed E-state index contributed by atoms with van der Waals surface area (Å²) in [6.07, 6.45) is 0. The number of piperazine rings is 1. The molecule has 1 saturated heterocycles. The molecule has 1 aliphatic rings. The zero-order chi connectivity index (χ0) is 23.2. The van der Waals surface area contributed by atoms with Gasteiger partial charge in [0, 0.05) is 13.8 Å². The molecule has 0 spiro atoms. The van der Waals surface area contributed by atoms with E-state index in [9.17, 15) is 37.8 Å². The highest BCUT2D eigenvalue weighted by atomic mass is 31.2. The Hall–Kier alpha value is 0.200. The molecule has 0 aromatic rings. The molecule has 0 aliphatic carbocycles. The van der Waals surface area contributed by atoms with Crippen LogP contribution in [0.5, 0.6) is 0 Å². The minimum Gasteiger partial charge on any atom is -0.774 e. The summed E-state index contributed by atoms with van der Waals surface area (Å²) in [4.78, 5) is 74.3. The smallest absolute Gasteiger partial charge is 0.216 e. The van der Waals surface area contributed by atoms with Crippen LogP contribution in [0.2, 0.25) is 0 Å². The Bertz CT molecular complexity index is 566. The van der Waals surface area contributed by atoms with E-state index in [2.05, 4.69) is 22.1 Å². The third-order valence-electron chi connectivity index (χ3n) is 3.58. The van der Waals surface area contributed by atoms with Gasteiger partial charge in [0.05, 0.1) is 0 Å². The van der Waals surface area contributed by atoms with E-state index in [0.29, 0.717) is 13.8 Å². The Kier molecular flexibility index (Phi) is 31.2. The number of hydrogen-bond acceptors (Lipinski definition) is 8. The van der Waals surface area contributed by atoms with Gasteiger partial charge in [0.15, 0.2) is 0 Å². The van der Waals surface area contributed by atoms with Gasteiger partial charge in [-0.15, -0.1) is 0 Å². The van der Waals surface area contributed by atoms with Crippen LogP contribution >= 0.6 is 30.4 Å². The van der Waals surface area contributed by atoms with Crippen LogP contribution in [-0.2, 0) is 18.3 Å². The summed E-state index contributed by atoms with van der Waals surface area (Å²) in [5, 5.41) is -0.806. The average molecular weight is 604 g/mol. The van der Waals surface area contributed by atoms with Crippen LogP contribution in [0, 0.1) is 0 Å². The maximum atomic E-state index is 10.3. The SMILES string of the molecule is C1C[NH2+]CC[NH2+]1.CC([NH3+])(P(=O)([O-])O)P(=O)([O-])O.CC([NH3+])(P(=O)([O-])O)P(=O)([O-])O.O.O.O.O.O.O. The van der Waals surface area contributed by atoms with Gasteiger partial charge in [-0.3, -0.25) is 0 Å². The van der Waals surface area contributed by atoms with Crippen LogP contribution in [0.25, 0.3) is 0 Å². The molecule has 0 bridgehead atoms. The Morgan fingerprint density at radius 1 is 0.559 bits per heavy atom. The standard InChI is InChI=1S/C4H10N2.2C2H9NO6P2.6H2O/c1-2-6-4-3-5-1;2*1-2(3,10(4,5)6)11(7,8)9;;;;;;/h5-6H,1-4H2;2*3H2,1H3,(H2,4,5,6)(H2,7,8,9);6*1H2. The van der Waals surface area contributed by atoms with Crippen molar-refractivity contribution in [3.8, 4) is 0 Å². The lowest BCUT2D eigenvalue weighted by atomic mass is 10.4. The monoisotopic (exact) mass is 604 g/mol. The van der Waals surface area contributed by atoms with Crippen molar-refractivity contribution in [2.24, 2.45) is 0 Å². The van der Waals surface area contributed by atoms with Gasteiger partial charge >= 0.3 is 0 Å². The molecular formula is C8H40N4O18P4. The van der Waals surface area contributed by atoms with E-state index in [1.807, 2.05) is 0 Å². The van der Waals surface area contributed by atoms with Gasteiger partial charge in [-0.2, -0.15) is 0 Å². The van der Waals surface area contributed by atoms with Crippen molar-refractivity contribution < 1.29 is 112 Å². The Morgan fingerprint density at radius 2 is 0.676 bits per heavy atom. The number of quaternary nitrogens is 4. The molecule has 34 heavy (non-hydrogen) atoms. The maximum absolute atomic E-state index is 10.3. The molecule has 0 aromatic carbocycles. The second kappa shape index (κ2) is 19.3. The summed E-state index contributed by atoms with van der Waals surface area (Å²) in [7, 11) is -20.7.